The molecular weight excluding hydrogens is 479 g/mol. The molecule has 1 aromatic carbocycles. The molecule has 0 radical (unpaired) electrons. The molecule has 7 heteroatoms. The number of aliphatic carboxylic acids is 1. The molecular formula is C31H43FN4O2. The lowest BCUT2D eigenvalue weighted by Crippen LogP contribution is -2.45. The minimum absolute atomic E-state index is 0.186. The standard InChI is InChI=1S/C31H43FN4O2/c1-3-27-29(28-9-4-5-14-36(28)33-27)22-10-15-35(16-11-22)21(2)25-18-34(20-31(12-13-31)30(37)38)19-26(25)23-7-6-8-24(32)17-23/h6-8,17,21-22,25-26H,3-5,9-16,18-20H2,1-2H3,(H,37,38)/t21-,25-,26-/m1/s1. The maximum absolute atomic E-state index is 14.2. The van der Waals surface area contributed by atoms with E-state index in [2.05, 4.69) is 34.4 Å². The van der Waals surface area contributed by atoms with Crippen LogP contribution >= 0.6 is 0 Å². The summed E-state index contributed by atoms with van der Waals surface area (Å²) in [4.78, 5) is 16.9. The average molecular weight is 523 g/mol. The van der Waals surface area contributed by atoms with Gasteiger partial charge in [-0.2, -0.15) is 5.10 Å². The van der Waals surface area contributed by atoms with Crippen molar-refractivity contribution in [1.29, 1.82) is 0 Å². The summed E-state index contributed by atoms with van der Waals surface area (Å²) in [6.07, 6.45) is 8.58. The summed E-state index contributed by atoms with van der Waals surface area (Å²) in [5.41, 5.74) is 4.87. The molecule has 38 heavy (non-hydrogen) atoms. The van der Waals surface area contributed by atoms with Crippen LogP contribution in [-0.2, 0) is 24.2 Å². The van der Waals surface area contributed by atoms with E-state index in [9.17, 15) is 14.3 Å². The zero-order chi connectivity index (χ0) is 26.4. The first-order valence-electron chi connectivity index (χ1n) is 14.9. The van der Waals surface area contributed by atoms with E-state index in [4.69, 9.17) is 5.10 Å². The van der Waals surface area contributed by atoms with Gasteiger partial charge in [0.25, 0.3) is 0 Å². The monoisotopic (exact) mass is 522 g/mol. The van der Waals surface area contributed by atoms with Gasteiger partial charge in [0.1, 0.15) is 5.82 Å². The Morgan fingerprint density at radius 2 is 1.97 bits per heavy atom. The molecule has 1 saturated carbocycles. The van der Waals surface area contributed by atoms with Gasteiger partial charge in [0.05, 0.1) is 11.1 Å². The third-order valence-corrected chi connectivity index (χ3v) is 10.2. The van der Waals surface area contributed by atoms with E-state index in [1.54, 1.807) is 11.6 Å². The molecule has 4 aliphatic rings. The number of halogens is 1. The number of carboxylic acids is 1. The van der Waals surface area contributed by atoms with Crippen LogP contribution in [0.3, 0.4) is 0 Å². The van der Waals surface area contributed by atoms with Crippen molar-refractivity contribution in [3.8, 4) is 0 Å². The van der Waals surface area contributed by atoms with Crippen molar-refractivity contribution in [3.63, 3.8) is 0 Å². The number of rotatable bonds is 8. The number of hydrogen-bond acceptors (Lipinski definition) is 4. The lowest BCUT2D eigenvalue weighted by molar-refractivity contribution is -0.144. The highest BCUT2D eigenvalue weighted by Crippen LogP contribution is 2.48. The topological polar surface area (TPSA) is 61.6 Å². The van der Waals surface area contributed by atoms with Gasteiger partial charge in [-0.1, -0.05) is 19.1 Å². The highest BCUT2D eigenvalue weighted by molar-refractivity contribution is 5.78. The van der Waals surface area contributed by atoms with Gasteiger partial charge < -0.3 is 14.9 Å². The first kappa shape index (κ1) is 26.0. The van der Waals surface area contributed by atoms with Crippen LogP contribution in [0.4, 0.5) is 4.39 Å². The van der Waals surface area contributed by atoms with Gasteiger partial charge in [0.15, 0.2) is 0 Å². The predicted octanol–water partition coefficient (Wildman–Crippen LogP) is 5.07. The number of carbonyl (C=O) groups is 1. The fourth-order valence-corrected chi connectivity index (χ4v) is 7.81. The van der Waals surface area contributed by atoms with Crippen LogP contribution in [0.1, 0.15) is 86.7 Å². The summed E-state index contributed by atoms with van der Waals surface area (Å²) in [7, 11) is 0. The van der Waals surface area contributed by atoms with E-state index in [-0.39, 0.29) is 11.7 Å². The molecule has 2 aromatic rings. The average Bonchev–Trinajstić information content (AvgIpc) is 3.44. The predicted molar refractivity (Wildman–Crippen MR) is 146 cm³/mol. The van der Waals surface area contributed by atoms with E-state index in [1.165, 1.54) is 49.6 Å². The second kappa shape index (κ2) is 10.4. The quantitative estimate of drug-likeness (QED) is 0.525. The minimum atomic E-state index is -0.660. The maximum Gasteiger partial charge on any atom is 0.310 e. The Labute approximate surface area is 226 Å². The van der Waals surface area contributed by atoms with Crippen molar-refractivity contribution in [2.75, 3.05) is 32.7 Å². The van der Waals surface area contributed by atoms with Gasteiger partial charge in [-0.25, -0.2) is 4.39 Å². The van der Waals surface area contributed by atoms with Crippen LogP contribution in [-0.4, -0.2) is 69.4 Å². The zero-order valence-corrected chi connectivity index (χ0v) is 23.0. The molecule has 0 bridgehead atoms. The third-order valence-electron chi connectivity index (χ3n) is 10.2. The largest absolute Gasteiger partial charge is 0.481 e. The van der Waals surface area contributed by atoms with Crippen LogP contribution < -0.4 is 0 Å². The molecule has 1 N–H and O–H groups in total. The molecule has 4 heterocycles. The van der Waals surface area contributed by atoms with Gasteiger partial charge in [-0.05, 0) is 106 Å². The maximum atomic E-state index is 14.2. The van der Waals surface area contributed by atoms with Gasteiger partial charge >= 0.3 is 5.97 Å². The smallest absolute Gasteiger partial charge is 0.310 e. The molecule has 6 rings (SSSR count). The van der Waals surface area contributed by atoms with Crippen molar-refractivity contribution >= 4 is 5.97 Å². The molecule has 6 nitrogen and oxygen atoms in total. The minimum Gasteiger partial charge on any atom is -0.481 e. The van der Waals surface area contributed by atoms with E-state index in [1.807, 2.05) is 6.07 Å². The number of carboxylic acid groups (broad SMARTS) is 1. The number of aryl methyl sites for hydroxylation is 2. The van der Waals surface area contributed by atoms with Crippen LogP contribution in [0.5, 0.6) is 0 Å². The first-order valence-corrected chi connectivity index (χ1v) is 14.9. The number of aromatic nitrogens is 2. The Morgan fingerprint density at radius 1 is 1.18 bits per heavy atom. The van der Waals surface area contributed by atoms with E-state index in [0.29, 0.717) is 24.4 Å². The molecule has 3 atom stereocenters. The number of piperidine rings is 1. The van der Waals surface area contributed by atoms with Crippen molar-refractivity contribution in [1.82, 2.24) is 19.6 Å². The number of fused-ring (bicyclic) bond motifs is 1. The van der Waals surface area contributed by atoms with Crippen LogP contribution in [0.15, 0.2) is 24.3 Å². The Balaban J connectivity index is 1.17. The van der Waals surface area contributed by atoms with Gasteiger partial charge in [-0.3, -0.25) is 9.48 Å². The van der Waals surface area contributed by atoms with E-state index >= 15 is 0 Å². The molecule has 0 unspecified atom stereocenters. The number of likely N-dealkylation sites (tertiary alicyclic amines) is 2. The second-order valence-corrected chi connectivity index (χ2v) is 12.5. The van der Waals surface area contributed by atoms with Crippen LogP contribution in [0, 0.1) is 17.2 Å². The summed E-state index contributed by atoms with van der Waals surface area (Å²) in [6, 6.07) is 7.45. The molecule has 3 fully saturated rings. The Kier molecular flexibility index (Phi) is 7.10. The summed E-state index contributed by atoms with van der Waals surface area (Å²) in [6.45, 7) is 10.1. The fraction of sp³-hybridized carbons (Fsp3) is 0.677. The molecule has 0 spiro atoms. The van der Waals surface area contributed by atoms with Crippen molar-refractivity contribution in [2.24, 2.45) is 11.3 Å². The fourth-order valence-electron chi connectivity index (χ4n) is 7.81. The zero-order valence-electron chi connectivity index (χ0n) is 23.0. The lowest BCUT2D eigenvalue weighted by atomic mass is 9.81. The van der Waals surface area contributed by atoms with Crippen molar-refractivity contribution in [2.45, 2.75) is 89.6 Å². The summed E-state index contributed by atoms with van der Waals surface area (Å²) in [5.74, 6) is 0.325. The summed E-state index contributed by atoms with van der Waals surface area (Å²) >= 11 is 0. The number of benzene rings is 1. The Bertz CT molecular complexity index is 1170. The lowest BCUT2D eigenvalue weighted by Gasteiger charge is -2.40. The van der Waals surface area contributed by atoms with Gasteiger partial charge in [-0.15, -0.1) is 0 Å². The normalized spacial score (nSPS) is 26.8. The number of hydrogen-bond donors (Lipinski definition) is 1. The second-order valence-electron chi connectivity index (χ2n) is 12.5. The summed E-state index contributed by atoms with van der Waals surface area (Å²) < 4.78 is 16.5. The van der Waals surface area contributed by atoms with Crippen LogP contribution in [0.2, 0.25) is 0 Å². The Morgan fingerprint density at radius 3 is 2.66 bits per heavy atom. The molecule has 3 aliphatic heterocycles. The van der Waals surface area contributed by atoms with Gasteiger partial charge in [0, 0.05) is 43.8 Å². The van der Waals surface area contributed by atoms with Crippen molar-refractivity contribution in [3.05, 3.63) is 52.6 Å². The highest BCUT2D eigenvalue weighted by Gasteiger charge is 2.53. The summed E-state index contributed by atoms with van der Waals surface area (Å²) in [5, 5.41) is 14.8. The van der Waals surface area contributed by atoms with E-state index < -0.39 is 11.4 Å². The third kappa shape index (κ3) is 4.81. The number of nitrogens with zero attached hydrogens (tertiary/aromatic N) is 4. The van der Waals surface area contributed by atoms with Gasteiger partial charge in [0.2, 0.25) is 0 Å². The van der Waals surface area contributed by atoms with Crippen LogP contribution in [0.25, 0.3) is 0 Å². The molecule has 206 valence electrons. The SMILES string of the molecule is CCc1nn2c(c1C1CCN([C@H](C)[C@H]3CN(CC4(C(=O)O)CC4)C[C@@H]3c3cccc(F)c3)CC1)CCCC2. The molecule has 1 aromatic heterocycles. The van der Waals surface area contributed by atoms with E-state index in [0.717, 1.165) is 57.5 Å². The first-order chi connectivity index (χ1) is 18.4. The molecule has 1 aliphatic carbocycles. The molecule has 0 amide bonds. The highest BCUT2D eigenvalue weighted by atomic mass is 19.1. The Hall–Kier alpha value is -2.25. The molecule has 2 saturated heterocycles. The van der Waals surface area contributed by atoms with Crippen molar-refractivity contribution < 1.29 is 14.3 Å².